The molecule has 0 aliphatic rings. The highest BCUT2D eigenvalue weighted by Crippen LogP contribution is 2.24. The zero-order chi connectivity index (χ0) is 9.84. The Morgan fingerprint density at radius 2 is 2.08 bits per heavy atom. The third-order valence-electron chi connectivity index (χ3n) is 1.64. The fourth-order valence-electron chi connectivity index (χ4n) is 1.05. The molecular weight excluding hydrogens is 181 g/mol. The van der Waals surface area contributed by atoms with Crippen molar-refractivity contribution < 1.29 is 17.9 Å². The van der Waals surface area contributed by atoms with E-state index >= 15 is 0 Å². The van der Waals surface area contributed by atoms with Crippen molar-refractivity contribution in [3.05, 3.63) is 29.6 Å². The van der Waals surface area contributed by atoms with E-state index in [0.29, 0.717) is 12.0 Å². The molecule has 0 fully saturated rings. The number of aryl methyl sites for hydroxylation is 1. The predicted octanol–water partition coefficient (Wildman–Crippen LogP) is 2.99. The first-order chi connectivity index (χ1) is 6.15. The quantitative estimate of drug-likeness (QED) is 0.711. The van der Waals surface area contributed by atoms with Crippen molar-refractivity contribution in [2.45, 2.75) is 20.0 Å². The van der Waals surface area contributed by atoms with E-state index in [0.717, 1.165) is 6.07 Å². The van der Waals surface area contributed by atoms with Crippen molar-refractivity contribution in [3.63, 3.8) is 0 Å². The molecule has 13 heavy (non-hydrogen) atoms. The zero-order valence-corrected chi connectivity index (χ0v) is 7.06. The first kappa shape index (κ1) is 9.89. The van der Waals surface area contributed by atoms with Crippen LogP contribution in [0, 0.1) is 5.82 Å². The molecule has 4 heteroatoms. The summed E-state index contributed by atoms with van der Waals surface area (Å²) in [6, 6.07) is 4.12. The van der Waals surface area contributed by atoms with E-state index in [4.69, 9.17) is 0 Å². The van der Waals surface area contributed by atoms with E-state index < -0.39 is 12.4 Å². The molecule has 72 valence electrons. The summed E-state index contributed by atoms with van der Waals surface area (Å²) >= 11 is 0. The van der Waals surface area contributed by atoms with E-state index in [-0.39, 0.29) is 5.75 Å². The van der Waals surface area contributed by atoms with Gasteiger partial charge in [0, 0.05) is 0 Å². The van der Waals surface area contributed by atoms with E-state index in [1.807, 2.05) is 0 Å². The number of hydrogen-bond donors (Lipinski definition) is 0. The van der Waals surface area contributed by atoms with Gasteiger partial charge >= 0.3 is 6.61 Å². The van der Waals surface area contributed by atoms with Crippen LogP contribution in [0.1, 0.15) is 12.5 Å². The maximum Gasteiger partial charge on any atom is 0.387 e. The molecule has 0 spiro atoms. The lowest BCUT2D eigenvalue weighted by Crippen LogP contribution is -2.06. The predicted molar refractivity (Wildman–Crippen MR) is 42.4 cm³/mol. The number of para-hydroxylation sites is 1. The lowest BCUT2D eigenvalue weighted by atomic mass is 10.1. The number of halogens is 3. The molecule has 0 amide bonds. The van der Waals surface area contributed by atoms with Crippen LogP contribution < -0.4 is 4.74 Å². The molecule has 0 aliphatic carbocycles. The fraction of sp³-hybridized carbons (Fsp3) is 0.333. The van der Waals surface area contributed by atoms with Gasteiger partial charge in [0.2, 0.25) is 0 Å². The second-order valence-electron chi connectivity index (χ2n) is 2.46. The van der Waals surface area contributed by atoms with Crippen LogP contribution in [0.2, 0.25) is 0 Å². The molecule has 0 unspecified atom stereocenters. The monoisotopic (exact) mass is 190 g/mol. The maximum absolute atomic E-state index is 12.9. The van der Waals surface area contributed by atoms with Crippen LogP contribution in [0.15, 0.2) is 18.2 Å². The average Bonchev–Trinajstić information content (AvgIpc) is 2.08. The zero-order valence-electron chi connectivity index (χ0n) is 7.06. The molecular formula is C9H9F3O. The number of hydrogen-bond acceptors (Lipinski definition) is 1. The number of benzene rings is 1. The minimum atomic E-state index is -2.98. The molecule has 1 aromatic rings. The van der Waals surface area contributed by atoms with Gasteiger partial charge < -0.3 is 4.74 Å². The molecule has 0 radical (unpaired) electrons. The van der Waals surface area contributed by atoms with Crippen LogP contribution in [-0.4, -0.2) is 6.61 Å². The van der Waals surface area contributed by atoms with Gasteiger partial charge in [-0.05, 0) is 18.1 Å². The summed E-state index contributed by atoms with van der Waals surface area (Å²) in [5.41, 5.74) is 0.445. The Kier molecular flexibility index (Phi) is 3.17. The first-order valence-corrected chi connectivity index (χ1v) is 3.87. The highest BCUT2D eigenvalue weighted by atomic mass is 19.3. The summed E-state index contributed by atoms with van der Waals surface area (Å²) in [6.07, 6.45) is 0.458. The molecule has 0 heterocycles. The molecule has 0 saturated heterocycles. The van der Waals surface area contributed by atoms with E-state index in [1.165, 1.54) is 6.07 Å². The molecule has 0 aromatic heterocycles. The minimum absolute atomic E-state index is 0.347. The molecule has 0 N–H and O–H groups in total. The smallest absolute Gasteiger partial charge is 0.387 e. The highest BCUT2D eigenvalue weighted by Gasteiger charge is 2.12. The second-order valence-corrected chi connectivity index (χ2v) is 2.46. The van der Waals surface area contributed by atoms with E-state index in [2.05, 4.69) is 4.74 Å². The Balaban J connectivity index is 3.00. The Labute approximate surface area is 74.1 Å². The van der Waals surface area contributed by atoms with Gasteiger partial charge in [-0.3, -0.25) is 0 Å². The third kappa shape index (κ3) is 2.37. The van der Waals surface area contributed by atoms with Crippen molar-refractivity contribution in [2.75, 3.05) is 0 Å². The van der Waals surface area contributed by atoms with Gasteiger partial charge in [0.1, 0.15) is 0 Å². The van der Waals surface area contributed by atoms with Crippen LogP contribution >= 0.6 is 0 Å². The maximum atomic E-state index is 12.9. The lowest BCUT2D eigenvalue weighted by Gasteiger charge is -2.09. The number of alkyl halides is 2. The van der Waals surface area contributed by atoms with Crippen LogP contribution in [0.25, 0.3) is 0 Å². The molecule has 0 atom stereocenters. The fourth-order valence-corrected chi connectivity index (χ4v) is 1.05. The van der Waals surface area contributed by atoms with Crippen LogP contribution in [-0.2, 0) is 6.42 Å². The summed E-state index contributed by atoms with van der Waals surface area (Å²) in [7, 11) is 0. The summed E-state index contributed by atoms with van der Waals surface area (Å²) in [6.45, 7) is -1.24. The molecule has 0 saturated carbocycles. The molecule has 1 nitrogen and oxygen atoms in total. The normalized spacial score (nSPS) is 10.5. The standard InChI is InChI=1S/C9H9F3O/c1-2-6-4-3-5-7(10)8(6)13-9(11)12/h3-5,9H,2H2,1H3. The van der Waals surface area contributed by atoms with Gasteiger partial charge in [-0.2, -0.15) is 8.78 Å². The number of ether oxygens (including phenoxy) is 1. The SMILES string of the molecule is CCc1cccc(F)c1OC(F)F. The second kappa shape index (κ2) is 4.16. The van der Waals surface area contributed by atoms with Crippen LogP contribution in [0.3, 0.4) is 0 Å². The van der Waals surface area contributed by atoms with Crippen molar-refractivity contribution in [1.29, 1.82) is 0 Å². The van der Waals surface area contributed by atoms with Gasteiger partial charge in [0.25, 0.3) is 0 Å². The van der Waals surface area contributed by atoms with Crippen LogP contribution in [0.4, 0.5) is 13.2 Å². The van der Waals surface area contributed by atoms with Gasteiger partial charge in [-0.15, -0.1) is 0 Å². The molecule has 1 aromatic carbocycles. The average molecular weight is 190 g/mol. The van der Waals surface area contributed by atoms with E-state index in [1.54, 1.807) is 13.0 Å². The van der Waals surface area contributed by atoms with Gasteiger partial charge in [-0.1, -0.05) is 19.1 Å². The van der Waals surface area contributed by atoms with Gasteiger partial charge in [0.05, 0.1) is 0 Å². The summed E-state index contributed by atoms with van der Waals surface area (Å²) in [5, 5.41) is 0. The summed E-state index contributed by atoms with van der Waals surface area (Å²) < 4.78 is 40.7. The molecule has 1 rings (SSSR count). The highest BCUT2D eigenvalue weighted by molar-refractivity contribution is 5.34. The minimum Gasteiger partial charge on any atom is -0.431 e. The largest absolute Gasteiger partial charge is 0.431 e. The Hall–Kier alpha value is -1.19. The number of rotatable bonds is 3. The molecule has 0 aliphatic heterocycles. The van der Waals surface area contributed by atoms with Crippen molar-refractivity contribution in [2.24, 2.45) is 0 Å². The topological polar surface area (TPSA) is 9.23 Å². The van der Waals surface area contributed by atoms with Gasteiger partial charge in [0.15, 0.2) is 11.6 Å². The van der Waals surface area contributed by atoms with Crippen molar-refractivity contribution in [1.82, 2.24) is 0 Å². The van der Waals surface area contributed by atoms with Gasteiger partial charge in [-0.25, -0.2) is 4.39 Å². The Bertz CT molecular complexity index is 286. The lowest BCUT2D eigenvalue weighted by molar-refractivity contribution is -0.0527. The first-order valence-electron chi connectivity index (χ1n) is 3.87. The Morgan fingerprint density at radius 3 is 2.62 bits per heavy atom. The Morgan fingerprint density at radius 1 is 1.38 bits per heavy atom. The van der Waals surface area contributed by atoms with Crippen molar-refractivity contribution in [3.8, 4) is 5.75 Å². The van der Waals surface area contributed by atoms with Crippen molar-refractivity contribution >= 4 is 0 Å². The van der Waals surface area contributed by atoms with Crippen LogP contribution in [0.5, 0.6) is 5.75 Å². The summed E-state index contributed by atoms with van der Waals surface area (Å²) in [4.78, 5) is 0. The third-order valence-corrected chi connectivity index (χ3v) is 1.64. The molecule has 0 bridgehead atoms. The summed E-state index contributed by atoms with van der Waals surface area (Å²) in [5.74, 6) is -1.10. The van der Waals surface area contributed by atoms with E-state index in [9.17, 15) is 13.2 Å².